The van der Waals surface area contributed by atoms with Gasteiger partial charge in [0, 0.05) is 18.2 Å². The van der Waals surface area contributed by atoms with E-state index in [9.17, 15) is 4.39 Å². The second kappa shape index (κ2) is 5.58. The van der Waals surface area contributed by atoms with Crippen LogP contribution in [-0.4, -0.2) is 26.1 Å². The molecule has 23 heavy (non-hydrogen) atoms. The monoisotopic (exact) mass is 327 g/mol. The summed E-state index contributed by atoms with van der Waals surface area (Å²) in [6.07, 6.45) is 2.43. The van der Waals surface area contributed by atoms with Gasteiger partial charge in [0.1, 0.15) is 5.82 Å². The SMILES string of the molecule is Fc1cccnc1C1CC1NC(=S)Nc1nc2ccccc2[nH]1. The zero-order valence-corrected chi connectivity index (χ0v) is 12.9. The lowest BCUT2D eigenvalue weighted by atomic mass is 10.2. The highest BCUT2D eigenvalue weighted by molar-refractivity contribution is 7.80. The highest BCUT2D eigenvalue weighted by Crippen LogP contribution is 2.40. The molecular formula is C16H14FN5S. The number of fused-ring (bicyclic) bond motifs is 1. The maximum atomic E-state index is 13.7. The first-order valence-electron chi connectivity index (χ1n) is 7.33. The molecule has 1 aliphatic rings. The molecule has 5 nitrogen and oxygen atoms in total. The van der Waals surface area contributed by atoms with Gasteiger partial charge in [-0.3, -0.25) is 4.98 Å². The first-order chi connectivity index (χ1) is 11.2. The van der Waals surface area contributed by atoms with Gasteiger partial charge in [-0.25, -0.2) is 9.37 Å². The summed E-state index contributed by atoms with van der Waals surface area (Å²) in [4.78, 5) is 11.7. The van der Waals surface area contributed by atoms with E-state index in [0.29, 0.717) is 16.8 Å². The lowest BCUT2D eigenvalue weighted by Gasteiger charge is -2.08. The standard InChI is InChI=1S/C16H14FN5S/c17-10-4-3-7-18-14(10)9-8-13(9)21-16(23)22-15-19-11-5-1-2-6-12(11)20-15/h1-7,9,13H,8H2,(H3,19,20,21,22,23). The number of rotatable bonds is 3. The third-order valence-corrected chi connectivity index (χ3v) is 4.09. The number of pyridine rings is 1. The van der Waals surface area contributed by atoms with Crippen LogP contribution in [0.1, 0.15) is 18.0 Å². The maximum Gasteiger partial charge on any atom is 0.207 e. The Morgan fingerprint density at radius 3 is 2.96 bits per heavy atom. The van der Waals surface area contributed by atoms with Crippen molar-refractivity contribution in [3.63, 3.8) is 0 Å². The quantitative estimate of drug-likeness (QED) is 0.646. The first-order valence-corrected chi connectivity index (χ1v) is 7.74. The third-order valence-electron chi connectivity index (χ3n) is 3.87. The van der Waals surface area contributed by atoms with Crippen LogP contribution in [0.3, 0.4) is 0 Å². The van der Waals surface area contributed by atoms with Crippen molar-refractivity contribution in [3.05, 3.63) is 54.1 Å². The van der Waals surface area contributed by atoms with Crippen LogP contribution in [-0.2, 0) is 0 Å². The number of benzene rings is 1. The molecule has 1 saturated carbocycles. The summed E-state index contributed by atoms with van der Waals surface area (Å²) in [5, 5.41) is 6.67. The van der Waals surface area contributed by atoms with E-state index in [4.69, 9.17) is 12.2 Å². The van der Waals surface area contributed by atoms with Gasteiger partial charge in [0.2, 0.25) is 5.95 Å². The minimum Gasteiger partial charge on any atom is -0.359 e. The van der Waals surface area contributed by atoms with Crippen molar-refractivity contribution < 1.29 is 4.39 Å². The molecule has 116 valence electrons. The number of nitrogens with one attached hydrogen (secondary N) is 3. The largest absolute Gasteiger partial charge is 0.359 e. The molecular weight excluding hydrogens is 313 g/mol. The smallest absolute Gasteiger partial charge is 0.207 e. The molecule has 1 aromatic carbocycles. The fraction of sp³-hybridized carbons (Fsp3) is 0.188. The van der Waals surface area contributed by atoms with Crippen molar-refractivity contribution >= 4 is 34.3 Å². The highest BCUT2D eigenvalue weighted by atomic mass is 32.1. The number of imidazole rings is 1. The minimum absolute atomic E-state index is 0.0617. The van der Waals surface area contributed by atoms with Gasteiger partial charge in [-0.2, -0.15) is 0 Å². The highest BCUT2D eigenvalue weighted by Gasteiger charge is 2.41. The van der Waals surface area contributed by atoms with Gasteiger partial charge in [0.05, 0.1) is 16.7 Å². The van der Waals surface area contributed by atoms with E-state index in [1.807, 2.05) is 24.3 Å². The number of thiocarbonyl (C=S) groups is 1. The second-order valence-corrected chi connectivity index (χ2v) is 5.93. The minimum atomic E-state index is -0.266. The van der Waals surface area contributed by atoms with Crippen LogP contribution in [0.2, 0.25) is 0 Å². The van der Waals surface area contributed by atoms with E-state index in [1.165, 1.54) is 6.07 Å². The topological polar surface area (TPSA) is 65.6 Å². The first kappa shape index (κ1) is 14.1. The van der Waals surface area contributed by atoms with Crippen LogP contribution in [0.4, 0.5) is 10.3 Å². The number of hydrogen-bond donors (Lipinski definition) is 3. The second-order valence-electron chi connectivity index (χ2n) is 5.52. The number of nitrogens with zero attached hydrogens (tertiary/aromatic N) is 2. The molecule has 2 unspecified atom stereocenters. The van der Waals surface area contributed by atoms with Crippen LogP contribution in [0.25, 0.3) is 11.0 Å². The van der Waals surface area contributed by atoms with Gasteiger partial charge >= 0.3 is 0 Å². The molecule has 1 aliphatic carbocycles. The lowest BCUT2D eigenvalue weighted by molar-refractivity contribution is 0.597. The summed E-state index contributed by atoms with van der Waals surface area (Å²) < 4.78 is 13.7. The predicted molar refractivity (Wildman–Crippen MR) is 90.8 cm³/mol. The Hall–Kier alpha value is -2.54. The molecule has 1 fully saturated rings. The van der Waals surface area contributed by atoms with E-state index >= 15 is 0 Å². The van der Waals surface area contributed by atoms with E-state index in [0.717, 1.165) is 17.5 Å². The number of aromatic nitrogens is 3. The number of halogens is 1. The van der Waals surface area contributed by atoms with Crippen LogP contribution in [0, 0.1) is 5.82 Å². The summed E-state index contributed by atoms with van der Waals surface area (Å²) in [5.74, 6) is 0.384. The molecule has 0 aliphatic heterocycles. The maximum absolute atomic E-state index is 13.7. The van der Waals surface area contributed by atoms with Gasteiger partial charge in [-0.1, -0.05) is 12.1 Å². The summed E-state index contributed by atoms with van der Waals surface area (Å²) >= 11 is 5.30. The van der Waals surface area contributed by atoms with E-state index in [1.54, 1.807) is 12.3 Å². The average molecular weight is 327 g/mol. The molecule has 2 aromatic heterocycles. The van der Waals surface area contributed by atoms with Crippen molar-refractivity contribution in [2.75, 3.05) is 5.32 Å². The Morgan fingerprint density at radius 2 is 2.13 bits per heavy atom. The van der Waals surface area contributed by atoms with Crippen LogP contribution < -0.4 is 10.6 Å². The van der Waals surface area contributed by atoms with Crippen molar-refractivity contribution in [1.29, 1.82) is 0 Å². The molecule has 0 amide bonds. The molecule has 4 rings (SSSR count). The Morgan fingerprint density at radius 1 is 1.26 bits per heavy atom. The Bertz CT molecular complexity index is 845. The van der Waals surface area contributed by atoms with Crippen molar-refractivity contribution in [1.82, 2.24) is 20.3 Å². The summed E-state index contributed by atoms with van der Waals surface area (Å²) in [6.45, 7) is 0. The average Bonchev–Trinajstić information content (AvgIpc) is 3.16. The van der Waals surface area contributed by atoms with E-state index < -0.39 is 0 Å². The van der Waals surface area contributed by atoms with Gasteiger partial charge < -0.3 is 15.6 Å². The summed E-state index contributed by atoms with van der Waals surface area (Å²) in [6, 6.07) is 10.9. The van der Waals surface area contributed by atoms with Crippen LogP contribution >= 0.6 is 12.2 Å². The number of H-pyrrole nitrogens is 1. The van der Waals surface area contributed by atoms with Gasteiger partial charge in [-0.05, 0) is 42.9 Å². The molecule has 3 aromatic rings. The molecule has 2 atom stereocenters. The van der Waals surface area contributed by atoms with Crippen molar-refractivity contribution in [2.45, 2.75) is 18.4 Å². The van der Waals surface area contributed by atoms with Gasteiger partial charge in [0.25, 0.3) is 0 Å². The number of anilines is 1. The molecule has 0 bridgehead atoms. The molecule has 0 saturated heterocycles. The van der Waals surface area contributed by atoms with Crippen LogP contribution in [0.15, 0.2) is 42.6 Å². The number of aromatic amines is 1. The van der Waals surface area contributed by atoms with E-state index in [-0.39, 0.29) is 17.8 Å². The molecule has 7 heteroatoms. The Kier molecular flexibility index (Phi) is 3.42. The fourth-order valence-electron chi connectivity index (χ4n) is 2.65. The predicted octanol–water partition coefficient (Wildman–Crippen LogP) is 2.94. The number of para-hydroxylation sites is 2. The van der Waals surface area contributed by atoms with E-state index in [2.05, 4.69) is 25.6 Å². The number of hydrogen-bond acceptors (Lipinski definition) is 3. The molecule has 3 N–H and O–H groups in total. The van der Waals surface area contributed by atoms with Crippen molar-refractivity contribution in [3.8, 4) is 0 Å². The Balaban J connectivity index is 1.39. The zero-order valence-electron chi connectivity index (χ0n) is 12.1. The summed E-state index contributed by atoms with van der Waals surface area (Å²) in [7, 11) is 0. The summed E-state index contributed by atoms with van der Waals surface area (Å²) in [5.41, 5.74) is 2.31. The normalized spacial score (nSPS) is 19.5. The zero-order chi connectivity index (χ0) is 15.8. The molecule has 0 radical (unpaired) electrons. The third kappa shape index (κ3) is 2.87. The van der Waals surface area contributed by atoms with Crippen LogP contribution in [0.5, 0.6) is 0 Å². The Labute approximate surface area is 137 Å². The molecule has 2 heterocycles. The fourth-order valence-corrected chi connectivity index (χ4v) is 2.90. The molecule has 0 spiro atoms. The van der Waals surface area contributed by atoms with Gasteiger partial charge in [0.15, 0.2) is 5.11 Å². The lowest BCUT2D eigenvalue weighted by Crippen LogP contribution is -2.31. The van der Waals surface area contributed by atoms with Crippen molar-refractivity contribution in [2.24, 2.45) is 0 Å². The van der Waals surface area contributed by atoms with Gasteiger partial charge in [-0.15, -0.1) is 0 Å².